The van der Waals surface area contributed by atoms with Gasteiger partial charge in [-0.1, -0.05) is 32.4 Å². The molecule has 0 saturated heterocycles. The Morgan fingerprint density at radius 1 is 1.24 bits per heavy atom. The number of halogens is 1. The Morgan fingerprint density at radius 2 is 1.92 bits per heavy atom. The number of hydrogen-bond acceptors (Lipinski definition) is 5. The molecule has 25 heavy (non-hydrogen) atoms. The molecule has 7 heteroatoms. The lowest BCUT2D eigenvalue weighted by atomic mass is 10.0. The van der Waals surface area contributed by atoms with Gasteiger partial charge in [-0.05, 0) is 30.9 Å². The molecule has 0 bridgehead atoms. The minimum atomic E-state index is -0.724. The van der Waals surface area contributed by atoms with Crippen LogP contribution in [-0.4, -0.2) is 38.7 Å². The van der Waals surface area contributed by atoms with Crippen LogP contribution in [0.15, 0.2) is 12.1 Å². The smallest absolute Gasteiger partial charge is 0.328 e. The van der Waals surface area contributed by atoms with E-state index in [-0.39, 0.29) is 16.5 Å². The van der Waals surface area contributed by atoms with Crippen LogP contribution in [0.4, 0.5) is 0 Å². The summed E-state index contributed by atoms with van der Waals surface area (Å²) in [7, 11) is 2.77. The van der Waals surface area contributed by atoms with Crippen LogP contribution in [0.3, 0.4) is 0 Å². The molecule has 6 nitrogen and oxygen atoms in total. The van der Waals surface area contributed by atoms with Crippen molar-refractivity contribution in [1.29, 1.82) is 0 Å². The van der Waals surface area contributed by atoms with Crippen LogP contribution in [0, 0.1) is 5.92 Å². The lowest BCUT2D eigenvalue weighted by Crippen LogP contribution is -2.42. The molecule has 1 amide bonds. The molecule has 0 heterocycles. The van der Waals surface area contributed by atoms with E-state index in [1.54, 1.807) is 0 Å². The summed E-state index contributed by atoms with van der Waals surface area (Å²) in [5.41, 5.74) is 0.281. The van der Waals surface area contributed by atoms with Crippen LogP contribution in [0.25, 0.3) is 0 Å². The van der Waals surface area contributed by atoms with E-state index in [4.69, 9.17) is 25.8 Å². The van der Waals surface area contributed by atoms with Gasteiger partial charge in [-0.25, -0.2) is 4.79 Å². The van der Waals surface area contributed by atoms with Gasteiger partial charge in [0.2, 0.25) is 0 Å². The van der Waals surface area contributed by atoms with Gasteiger partial charge in [0.05, 0.1) is 25.8 Å². The monoisotopic (exact) mass is 371 g/mol. The fourth-order valence-electron chi connectivity index (χ4n) is 2.26. The number of methoxy groups -OCH3 is 2. The third kappa shape index (κ3) is 6.12. The van der Waals surface area contributed by atoms with Crippen molar-refractivity contribution in [3.63, 3.8) is 0 Å². The van der Waals surface area contributed by atoms with E-state index in [1.165, 1.54) is 26.4 Å². The number of benzene rings is 1. The van der Waals surface area contributed by atoms with Crippen LogP contribution < -0.4 is 14.8 Å². The maximum Gasteiger partial charge on any atom is 0.328 e. The first-order valence-corrected chi connectivity index (χ1v) is 8.60. The third-order valence-corrected chi connectivity index (χ3v) is 3.72. The first kappa shape index (κ1) is 21.1. The van der Waals surface area contributed by atoms with Gasteiger partial charge in [-0.2, -0.15) is 0 Å². The highest BCUT2D eigenvalue weighted by atomic mass is 35.5. The molecule has 1 rings (SSSR count). The van der Waals surface area contributed by atoms with E-state index >= 15 is 0 Å². The number of carbonyl (C=O) groups is 2. The van der Waals surface area contributed by atoms with Crippen LogP contribution >= 0.6 is 11.6 Å². The summed E-state index contributed by atoms with van der Waals surface area (Å²) in [5.74, 6) is 0.0625. The number of esters is 1. The molecule has 1 aromatic rings. The molecule has 0 radical (unpaired) electrons. The first-order valence-electron chi connectivity index (χ1n) is 8.23. The largest absolute Gasteiger partial charge is 0.493 e. The first-order chi connectivity index (χ1) is 11.8. The Bertz CT molecular complexity index is 603. The minimum Gasteiger partial charge on any atom is -0.493 e. The molecule has 0 saturated carbocycles. The van der Waals surface area contributed by atoms with Crippen LogP contribution in [0.1, 0.15) is 44.0 Å². The van der Waals surface area contributed by atoms with Crippen LogP contribution in [-0.2, 0) is 9.53 Å². The number of amides is 1. The predicted octanol–water partition coefficient (Wildman–Crippen LogP) is 3.45. The molecule has 0 aromatic heterocycles. The zero-order chi connectivity index (χ0) is 19.0. The second-order valence-electron chi connectivity index (χ2n) is 6.02. The van der Waals surface area contributed by atoms with Crippen molar-refractivity contribution in [2.75, 3.05) is 20.8 Å². The van der Waals surface area contributed by atoms with Crippen LogP contribution in [0.5, 0.6) is 11.5 Å². The Hall–Kier alpha value is -1.95. The molecule has 1 atom stereocenters. The highest BCUT2D eigenvalue weighted by Crippen LogP contribution is 2.36. The van der Waals surface area contributed by atoms with Gasteiger partial charge in [-0.3, -0.25) is 4.79 Å². The molecule has 0 aliphatic rings. The highest BCUT2D eigenvalue weighted by molar-refractivity contribution is 6.32. The van der Waals surface area contributed by atoms with E-state index < -0.39 is 17.9 Å². The van der Waals surface area contributed by atoms with Gasteiger partial charge in [0, 0.05) is 5.56 Å². The highest BCUT2D eigenvalue weighted by Gasteiger charge is 2.24. The van der Waals surface area contributed by atoms with E-state index in [0.717, 1.165) is 6.42 Å². The summed E-state index contributed by atoms with van der Waals surface area (Å²) in [5, 5.41) is 2.96. The molecule has 0 aliphatic heterocycles. The Kier molecular flexibility index (Phi) is 8.55. The zero-order valence-electron chi connectivity index (χ0n) is 15.3. The molecule has 1 unspecified atom stereocenters. The van der Waals surface area contributed by atoms with Gasteiger partial charge in [0.15, 0.2) is 11.5 Å². The Balaban J connectivity index is 3.03. The minimum absolute atomic E-state index is 0.215. The molecule has 1 N–H and O–H groups in total. The average molecular weight is 372 g/mol. The second kappa shape index (κ2) is 10.1. The normalized spacial score (nSPS) is 11.8. The number of carbonyl (C=O) groups excluding carboxylic acids is 2. The van der Waals surface area contributed by atoms with Crippen molar-refractivity contribution in [2.24, 2.45) is 5.92 Å². The third-order valence-electron chi connectivity index (χ3n) is 3.44. The lowest BCUT2D eigenvalue weighted by molar-refractivity contribution is -0.143. The van der Waals surface area contributed by atoms with Gasteiger partial charge in [-0.15, -0.1) is 0 Å². The molecule has 0 fully saturated rings. The summed E-state index contributed by atoms with van der Waals surface area (Å²) in [4.78, 5) is 24.4. The maximum atomic E-state index is 12.5. The van der Waals surface area contributed by atoms with Crippen molar-refractivity contribution in [3.8, 4) is 11.5 Å². The van der Waals surface area contributed by atoms with Gasteiger partial charge >= 0.3 is 5.97 Å². The molecule has 0 spiro atoms. The van der Waals surface area contributed by atoms with Gasteiger partial charge < -0.3 is 19.5 Å². The standard InChI is InChI=1S/C18H26ClNO5/c1-6-7-25-16-13(19)9-12(10-15(16)23-4)17(21)20-14(8-11(2)3)18(22)24-5/h9-11,14H,6-8H2,1-5H3,(H,20,21). The summed E-state index contributed by atoms with van der Waals surface area (Å²) >= 11 is 6.23. The molecular formula is C18H26ClNO5. The molecule has 0 aliphatic carbocycles. The zero-order valence-corrected chi connectivity index (χ0v) is 16.1. The maximum absolute atomic E-state index is 12.5. The van der Waals surface area contributed by atoms with Crippen molar-refractivity contribution >= 4 is 23.5 Å². The van der Waals surface area contributed by atoms with Crippen molar-refractivity contribution < 1.29 is 23.8 Å². The number of hydrogen-bond donors (Lipinski definition) is 1. The molecule has 140 valence electrons. The average Bonchev–Trinajstić information content (AvgIpc) is 2.58. The fraction of sp³-hybridized carbons (Fsp3) is 0.556. The molecular weight excluding hydrogens is 346 g/mol. The van der Waals surface area contributed by atoms with Gasteiger partial charge in [0.1, 0.15) is 6.04 Å². The SMILES string of the molecule is CCCOc1c(Cl)cc(C(=O)NC(CC(C)C)C(=O)OC)cc1OC. The summed E-state index contributed by atoms with van der Waals surface area (Å²) in [6, 6.07) is 2.31. The van der Waals surface area contributed by atoms with E-state index in [1.807, 2.05) is 20.8 Å². The predicted molar refractivity (Wildman–Crippen MR) is 96.5 cm³/mol. The molecule has 1 aromatic carbocycles. The van der Waals surface area contributed by atoms with Gasteiger partial charge in [0.25, 0.3) is 5.91 Å². The lowest BCUT2D eigenvalue weighted by Gasteiger charge is -2.19. The topological polar surface area (TPSA) is 73.9 Å². The van der Waals surface area contributed by atoms with E-state index in [9.17, 15) is 9.59 Å². The van der Waals surface area contributed by atoms with Crippen molar-refractivity contribution in [1.82, 2.24) is 5.32 Å². The number of ether oxygens (including phenoxy) is 3. The number of nitrogens with one attached hydrogen (secondary N) is 1. The van der Waals surface area contributed by atoms with E-state index in [2.05, 4.69) is 5.32 Å². The quantitative estimate of drug-likeness (QED) is 0.673. The number of rotatable bonds is 9. The fourth-order valence-corrected chi connectivity index (χ4v) is 2.53. The Morgan fingerprint density at radius 3 is 2.44 bits per heavy atom. The second-order valence-corrected chi connectivity index (χ2v) is 6.42. The Labute approximate surface area is 153 Å². The van der Waals surface area contributed by atoms with Crippen molar-refractivity contribution in [2.45, 2.75) is 39.7 Å². The van der Waals surface area contributed by atoms with Crippen molar-refractivity contribution in [3.05, 3.63) is 22.7 Å². The summed E-state index contributed by atoms with van der Waals surface area (Å²) in [6.07, 6.45) is 1.29. The van der Waals surface area contributed by atoms with E-state index in [0.29, 0.717) is 24.5 Å². The van der Waals surface area contributed by atoms with Crippen LogP contribution in [0.2, 0.25) is 5.02 Å². The summed E-state index contributed by atoms with van der Waals surface area (Å²) < 4.78 is 15.6. The summed E-state index contributed by atoms with van der Waals surface area (Å²) in [6.45, 7) is 6.38.